The van der Waals surface area contributed by atoms with E-state index in [1.165, 1.54) is 0 Å². The minimum absolute atomic E-state index is 0.205. The van der Waals surface area contributed by atoms with Crippen molar-refractivity contribution in [2.45, 2.75) is 6.92 Å². The molecule has 0 aliphatic heterocycles. The second kappa shape index (κ2) is 5.83. The molecular formula is C10H11ClN2O4S. The number of hydrogen-bond donors (Lipinski definition) is 2. The van der Waals surface area contributed by atoms with E-state index in [9.17, 15) is 14.4 Å². The van der Waals surface area contributed by atoms with Gasteiger partial charge in [0.05, 0.1) is 5.02 Å². The van der Waals surface area contributed by atoms with Crippen LogP contribution in [-0.4, -0.2) is 40.9 Å². The quantitative estimate of drug-likeness (QED) is 0.834. The van der Waals surface area contributed by atoms with Crippen LogP contribution in [0.5, 0.6) is 0 Å². The van der Waals surface area contributed by atoms with Crippen LogP contribution in [0, 0.1) is 6.92 Å². The van der Waals surface area contributed by atoms with Crippen molar-refractivity contribution in [3.8, 4) is 0 Å². The Kier molecular flexibility index (Phi) is 4.69. The summed E-state index contributed by atoms with van der Waals surface area (Å²) in [6.07, 6.45) is 0. The number of thiophene rings is 1. The first-order chi connectivity index (χ1) is 8.32. The molecule has 1 rings (SSSR count). The van der Waals surface area contributed by atoms with Gasteiger partial charge < -0.3 is 15.7 Å². The SMILES string of the molecule is Cc1csc(C(=O)N(CC(N)=O)CC(=O)O)c1Cl. The zero-order valence-corrected chi connectivity index (χ0v) is 11.0. The van der Waals surface area contributed by atoms with Gasteiger partial charge in [0.1, 0.15) is 18.0 Å². The summed E-state index contributed by atoms with van der Waals surface area (Å²) in [5.41, 5.74) is 5.69. The summed E-state index contributed by atoms with van der Waals surface area (Å²) in [6.45, 7) is 0.665. The normalized spacial score (nSPS) is 10.1. The minimum atomic E-state index is -1.23. The zero-order valence-electron chi connectivity index (χ0n) is 9.47. The molecule has 1 aromatic heterocycles. The molecule has 0 aliphatic carbocycles. The Labute approximate surface area is 112 Å². The molecule has 3 N–H and O–H groups in total. The van der Waals surface area contributed by atoms with Gasteiger partial charge in [-0.3, -0.25) is 14.4 Å². The molecule has 1 heterocycles. The summed E-state index contributed by atoms with van der Waals surface area (Å²) in [4.78, 5) is 34.5. The fourth-order valence-electron chi connectivity index (χ4n) is 1.27. The Bertz CT molecular complexity index is 484. The van der Waals surface area contributed by atoms with Crippen LogP contribution in [0.25, 0.3) is 0 Å². The van der Waals surface area contributed by atoms with Gasteiger partial charge in [-0.25, -0.2) is 0 Å². The summed E-state index contributed by atoms with van der Waals surface area (Å²) in [7, 11) is 0. The van der Waals surface area contributed by atoms with Crippen LogP contribution < -0.4 is 5.73 Å². The fourth-order valence-corrected chi connectivity index (χ4v) is 2.51. The van der Waals surface area contributed by atoms with Gasteiger partial charge in [-0.15, -0.1) is 11.3 Å². The van der Waals surface area contributed by atoms with Crippen LogP contribution in [0.4, 0.5) is 0 Å². The maximum atomic E-state index is 12.0. The number of carboxylic acids is 1. The lowest BCUT2D eigenvalue weighted by molar-refractivity contribution is -0.138. The third-order valence-electron chi connectivity index (χ3n) is 2.05. The first kappa shape index (κ1) is 14.5. The van der Waals surface area contributed by atoms with E-state index in [0.717, 1.165) is 21.8 Å². The number of aliphatic carboxylic acids is 1. The summed E-state index contributed by atoms with van der Waals surface area (Å²) >= 11 is 7.02. The van der Waals surface area contributed by atoms with Gasteiger partial charge >= 0.3 is 5.97 Å². The number of carbonyl (C=O) groups is 3. The summed E-state index contributed by atoms with van der Waals surface area (Å²) in [5.74, 6) is -2.62. The number of carboxylic acid groups (broad SMARTS) is 1. The molecule has 1 aromatic rings. The molecule has 6 nitrogen and oxygen atoms in total. The molecular weight excluding hydrogens is 280 g/mol. The molecule has 2 amide bonds. The molecule has 0 atom stereocenters. The zero-order chi connectivity index (χ0) is 13.9. The van der Waals surface area contributed by atoms with Crippen molar-refractivity contribution in [2.75, 3.05) is 13.1 Å². The number of nitrogens with two attached hydrogens (primary N) is 1. The van der Waals surface area contributed by atoms with Crippen LogP contribution in [-0.2, 0) is 9.59 Å². The lowest BCUT2D eigenvalue weighted by Gasteiger charge is -2.18. The molecule has 18 heavy (non-hydrogen) atoms. The second-order valence-electron chi connectivity index (χ2n) is 3.58. The van der Waals surface area contributed by atoms with E-state index < -0.39 is 30.9 Å². The van der Waals surface area contributed by atoms with E-state index in [2.05, 4.69) is 0 Å². The number of nitrogens with zero attached hydrogens (tertiary/aromatic N) is 1. The van der Waals surface area contributed by atoms with Crippen molar-refractivity contribution >= 4 is 40.7 Å². The van der Waals surface area contributed by atoms with Crippen LogP contribution in [0.1, 0.15) is 15.2 Å². The average molecular weight is 291 g/mol. The molecule has 0 radical (unpaired) electrons. The summed E-state index contributed by atoms with van der Waals surface area (Å²) in [6, 6.07) is 0. The molecule has 0 aromatic carbocycles. The Morgan fingerprint density at radius 1 is 1.44 bits per heavy atom. The van der Waals surface area contributed by atoms with Crippen molar-refractivity contribution in [3.05, 3.63) is 20.8 Å². The smallest absolute Gasteiger partial charge is 0.323 e. The molecule has 0 aliphatic rings. The Hall–Kier alpha value is -1.60. The van der Waals surface area contributed by atoms with Crippen LogP contribution in [0.15, 0.2) is 5.38 Å². The summed E-state index contributed by atoms with van der Waals surface area (Å²) < 4.78 is 0. The lowest BCUT2D eigenvalue weighted by atomic mass is 10.3. The number of hydrogen-bond acceptors (Lipinski definition) is 4. The number of halogens is 1. The van der Waals surface area contributed by atoms with Gasteiger partial charge in [0.2, 0.25) is 5.91 Å². The number of rotatable bonds is 5. The molecule has 0 saturated carbocycles. The van der Waals surface area contributed by atoms with Crippen LogP contribution >= 0.6 is 22.9 Å². The van der Waals surface area contributed by atoms with Crippen molar-refractivity contribution in [3.63, 3.8) is 0 Å². The van der Waals surface area contributed by atoms with E-state index in [-0.39, 0.29) is 9.90 Å². The van der Waals surface area contributed by atoms with Gasteiger partial charge in [-0.2, -0.15) is 0 Å². The van der Waals surface area contributed by atoms with Crippen molar-refractivity contribution in [1.29, 1.82) is 0 Å². The van der Waals surface area contributed by atoms with E-state index >= 15 is 0 Å². The summed E-state index contributed by atoms with van der Waals surface area (Å²) in [5, 5.41) is 10.6. The molecule has 0 bridgehead atoms. The third kappa shape index (κ3) is 3.44. The molecule has 98 valence electrons. The van der Waals surface area contributed by atoms with E-state index in [1.807, 2.05) is 0 Å². The predicted molar refractivity (Wildman–Crippen MR) is 66.8 cm³/mol. The topological polar surface area (TPSA) is 101 Å². The number of amides is 2. The van der Waals surface area contributed by atoms with Gasteiger partial charge in [0.25, 0.3) is 5.91 Å². The second-order valence-corrected chi connectivity index (χ2v) is 4.84. The monoisotopic (exact) mass is 290 g/mol. The first-order valence-electron chi connectivity index (χ1n) is 4.86. The van der Waals surface area contributed by atoms with Crippen LogP contribution in [0.2, 0.25) is 5.02 Å². The highest BCUT2D eigenvalue weighted by molar-refractivity contribution is 7.13. The molecule has 0 unspecified atom stereocenters. The van der Waals surface area contributed by atoms with Crippen LogP contribution in [0.3, 0.4) is 0 Å². The standard InChI is InChI=1S/C10H11ClN2O4S/c1-5-4-18-9(8(5)11)10(17)13(2-6(12)14)3-7(15)16/h4H,2-3H2,1H3,(H2,12,14)(H,15,16). The van der Waals surface area contributed by atoms with E-state index in [1.54, 1.807) is 12.3 Å². The first-order valence-corrected chi connectivity index (χ1v) is 6.11. The van der Waals surface area contributed by atoms with Gasteiger partial charge in [-0.1, -0.05) is 11.6 Å². The fraction of sp³-hybridized carbons (Fsp3) is 0.300. The highest BCUT2D eigenvalue weighted by Gasteiger charge is 2.24. The molecule has 8 heteroatoms. The molecule has 0 saturated heterocycles. The van der Waals surface area contributed by atoms with E-state index in [0.29, 0.717) is 0 Å². The minimum Gasteiger partial charge on any atom is -0.480 e. The highest BCUT2D eigenvalue weighted by atomic mass is 35.5. The highest BCUT2D eigenvalue weighted by Crippen LogP contribution is 2.28. The van der Waals surface area contributed by atoms with Gasteiger partial charge in [-0.05, 0) is 17.9 Å². The Balaban J connectivity index is 2.98. The number of carbonyl (C=O) groups excluding carboxylic acids is 2. The van der Waals surface area contributed by atoms with Crippen molar-refractivity contribution in [1.82, 2.24) is 4.90 Å². The van der Waals surface area contributed by atoms with Crippen molar-refractivity contribution in [2.24, 2.45) is 5.73 Å². The number of aryl methyl sites for hydroxylation is 1. The van der Waals surface area contributed by atoms with E-state index in [4.69, 9.17) is 22.4 Å². The number of primary amides is 1. The Morgan fingerprint density at radius 2 is 2.06 bits per heavy atom. The largest absolute Gasteiger partial charge is 0.480 e. The predicted octanol–water partition coefficient (Wildman–Crippen LogP) is 0.722. The third-order valence-corrected chi connectivity index (χ3v) is 3.74. The molecule has 0 spiro atoms. The van der Waals surface area contributed by atoms with Gasteiger partial charge in [0.15, 0.2) is 0 Å². The maximum absolute atomic E-state index is 12.0. The average Bonchev–Trinajstić information content (AvgIpc) is 2.56. The maximum Gasteiger partial charge on any atom is 0.323 e. The van der Waals surface area contributed by atoms with Gasteiger partial charge in [0, 0.05) is 0 Å². The lowest BCUT2D eigenvalue weighted by Crippen LogP contribution is -2.41. The molecule has 0 fully saturated rings. The van der Waals surface area contributed by atoms with Crippen molar-refractivity contribution < 1.29 is 19.5 Å². The Morgan fingerprint density at radius 3 is 2.44 bits per heavy atom.